The summed E-state index contributed by atoms with van der Waals surface area (Å²) in [6, 6.07) is 11.8. The predicted molar refractivity (Wildman–Crippen MR) is 137 cm³/mol. The second-order valence-electron chi connectivity index (χ2n) is 8.81. The van der Waals surface area contributed by atoms with E-state index >= 15 is 0 Å². The molecule has 0 saturated heterocycles. The molecule has 35 heavy (non-hydrogen) atoms. The van der Waals surface area contributed by atoms with Gasteiger partial charge in [0.25, 0.3) is 5.56 Å². The molecule has 0 spiro atoms. The van der Waals surface area contributed by atoms with Crippen molar-refractivity contribution in [2.45, 2.75) is 26.0 Å². The zero-order chi connectivity index (χ0) is 24.3. The highest BCUT2D eigenvalue weighted by Gasteiger charge is 2.26. The molecule has 2 aromatic carbocycles. The Balaban J connectivity index is 1.59. The Labute approximate surface area is 212 Å². The zero-order valence-corrected chi connectivity index (χ0v) is 20.8. The van der Waals surface area contributed by atoms with Gasteiger partial charge in [0.2, 0.25) is 0 Å². The summed E-state index contributed by atoms with van der Waals surface area (Å²) in [5.74, 6) is 0.630. The highest BCUT2D eigenvalue weighted by atomic mass is 127. The number of rotatable bonds is 6. The topological polar surface area (TPSA) is 66.9 Å². The van der Waals surface area contributed by atoms with E-state index in [4.69, 9.17) is 5.10 Å². The number of benzene rings is 2. The van der Waals surface area contributed by atoms with Crippen molar-refractivity contribution in [3.8, 4) is 22.6 Å². The fourth-order valence-corrected chi connectivity index (χ4v) is 5.15. The predicted octanol–water partition coefficient (Wildman–Crippen LogP) is 5.36. The van der Waals surface area contributed by atoms with Crippen LogP contribution < -0.4 is 10.3 Å². The number of fused-ring (bicyclic) bond motifs is 2. The molecule has 3 heterocycles. The van der Waals surface area contributed by atoms with E-state index in [1.54, 1.807) is 16.8 Å². The van der Waals surface area contributed by atoms with Crippen molar-refractivity contribution in [3.63, 3.8) is 0 Å². The average Bonchev–Trinajstić information content (AvgIpc) is 3.47. The standard InChI is InChI=1S/C25H20F2IN5O2/c1-31-12-16-10-17(6-9-20(16)29-31)33-24(34)21(15-4-7-18(8-5-15)35-25(26)27)23-22(30-33)19(28)13-32(23)11-14-2-3-14/h4-10,12-14,25H,2-3,11H2,1H3. The minimum absolute atomic E-state index is 0.0411. The highest BCUT2D eigenvalue weighted by molar-refractivity contribution is 14.1. The van der Waals surface area contributed by atoms with Gasteiger partial charge in [-0.25, -0.2) is 0 Å². The number of ether oxygens (including phenoxy) is 1. The molecule has 0 N–H and O–H groups in total. The van der Waals surface area contributed by atoms with Crippen molar-refractivity contribution in [1.82, 2.24) is 24.1 Å². The fourth-order valence-electron chi connectivity index (χ4n) is 4.45. The first kappa shape index (κ1) is 22.2. The van der Waals surface area contributed by atoms with E-state index in [2.05, 4.69) is 37.0 Å². The molecule has 10 heteroatoms. The Morgan fingerprint density at radius 2 is 1.89 bits per heavy atom. The summed E-state index contributed by atoms with van der Waals surface area (Å²) < 4.78 is 36.0. The van der Waals surface area contributed by atoms with E-state index in [-0.39, 0.29) is 11.3 Å². The summed E-state index contributed by atoms with van der Waals surface area (Å²) in [7, 11) is 1.85. The molecule has 0 aliphatic heterocycles. The molecular formula is C25H20F2IN5O2. The second kappa shape index (κ2) is 8.43. The Morgan fingerprint density at radius 3 is 2.60 bits per heavy atom. The first-order valence-electron chi connectivity index (χ1n) is 11.2. The first-order valence-corrected chi connectivity index (χ1v) is 12.3. The molecular weight excluding hydrogens is 567 g/mol. The number of nitrogens with zero attached hydrogens (tertiary/aromatic N) is 5. The molecule has 0 atom stereocenters. The summed E-state index contributed by atoms with van der Waals surface area (Å²) in [4.78, 5) is 14.0. The number of aryl methyl sites for hydroxylation is 1. The van der Waals surface area contributed by atoms with Crippen molar-refractivity contribution in [1.29, 1.82) is 0 Å². The molecule has 5 aromatic rings. The van der Waals surface area contributed by atoms with E-state index in [1.807, 2.05) is 37.6 Å². The number of alkyl halides is 2. The van der Waals surface area contributed by atoms with Crippen LogP contribution in [-0.4, -0.2) is 30.7 Å². The maximum atomic E-state index is 14.0. The third-order valence-corrected chi connectivity index (χ3v) is 7.01. The first-order chi connectivity index (χ1) is 16.9. The molecule has 178 valence electrons. The molecule has 7 nitrogen and oxygen atoms in total. The SMILES string of the molecule is Cn1cc2cc(-n3nc4c(I)cn(CC5CC5)c4c(-c4ccc(OC(F)F)cc4)c3=O)ccc2n1. The van der Waals surface area contributed by atoms with Crippen LogP contribution in [0.5, 0.6) is 5.75 Å². The maximum Gasteiger partial charge on any atom is 0.387 e. The third kappa shape index (κ3) is 4.09. The van der Waals surface area contributed by atoms with Gasteiger partial charge in [-0.15, -0.1) is 0 Å². The molecule has 1 aliphatic rings. The third-order valence-electron chi connectivity index (χ3n) is 6.22. The lowest BCUT2D eigenvalue weighted by atomic mass is 10.1. The molecule has 1 saturated carbocycles. The Hall–Kier alpha value is -3.28. The van der Waals surface area contributed by atoms with Gasteiger partial charge in [-0.2, -0.15) is 23.7 Å². The Morgan fingerprint density at radius 1 is 1.11 bits per heavy atom. The van der Waals surface area contributed by atoms with Crippen LogP contribution in [0.1, 0.15) is 12.8 Å². The van der Waals surface area contributed by atoms with Crippen molar-refractivity contribution in [3.05, 3.63) is 68.8 Å². The molecule has 6 rings (SSSR count). The van der Waals surface area contributed by atoms with Crippen LogP contribution in [0.25, 0.3) is 38.8 Å². The summed E-state index contributed by atoms with van der Waals surface area (Å²) in [5.41, 5.74) is 3.75. The van der Waals surface area contributed by atoms with Gasteiger partial charge in [0.1, 0.15) is 11.3 Å². The zero-order valence-electron chi connectivity index (χ0n) is 18.7. The van der Waals surface area contributed by atoms with Crippen LogP contribution in [0.2, 0.25) is 0 Å². The maximum absolute atomic E-state index is 14.0. The van der Waals surface area contributed by atoms with Crippen molar-refractivity contribution >= 4 is 44.5 Å². The van der Waals surface area contributed by atoms with Crippen molar-refractivity contribution < 1.29 is 13.5 Å². The molecule has 0 amide bonds. The Kier molecular flexibility index (Phi) is 5.35. The summed E-state index contributed by atoms with van der Waals surface area (Å²) >= 11 is 2.25. The minimum atomic E-state index is -2.91. The smallest absolute Gasteiger partial charge is 0.387 e. The second-order valence-corrected chi connectivity index (χ2v) is 9.97. The van der Waals surface area contributed by atoms with Gasteiger partial charge in [0.15, 0.2) is 0 Å². The average molecular weight is 587 g/mol. The van der Waals surface area contributed by atoms with Crippen LogP contribution in [-0.2, 0) is 13.6 Å². The number of aromatic nitrogens is 5. The lowest BCUT2D eigenvalue weighted by Gasteiger charge is -2.13. The van der Waals surface area contributed by atoms with Gasteiger partial charge < -0.3 is 9.30 Å². The molecule has 3 aromatic heterocycles. The van der Waals surface area contributed by atoms with Gasteiger partial charge >= 0.3 is 6.61 Å². The number of hydrogen-bond acceptors (Lipinski definition) is 4. The van der Waals surface area contributed by atoms with Gasteiger partial charge in [-0.05, 0) is 77.2 Å². The molecule has 0 unspecified atom stereocenters. The molecule has 1 aliphatic carbocycles. The fraction of sp³-hybridized carbons (Fsp3) is 0.240. The number of hydrogen-bond donors (Lipinski definition) is 0. The van der Waals surface area contributed by atoms with Crippen molar-refractivity contribution in [2.24, 2.45) is 13.0 Å². The van der Waals surface area contributed by atoms with Crippen LogP contribution in [0.4, 0.5) is 8.78 Å². The van der Waals surface area contributed by atoms with E-state index < -0.39 is 6.61 Å². The van der Waals surface area contributed by atoms with E-state index in [0.29, 0.717) is 22.7 Å². The molecule has 0 bridgehead atoms. The molecule has 1 fully saturated rings. The van der Waals surface area contributed by atoms with Crippen molar-refractivity contribution in [2.75, 3.05) is 0 Å². The van der Waals surface area contributed by atoms with Crippen LogP contribution in [0.15, 0.2) is 59.7 Å². The summed E-state index contributed by atoms with van der Waals surface area (Å²) in [6.07, 6.45) is 6.26. The van der Waals surface area contributed by atoms with Crippen LogP contribution in [0.3, 0.4) is 0 Å². The van der Waals surface area contributed by atoms with Gasteiger partial charge in [0, 0.05) is 31.4 Å². The van der Waals surface area contributed by atoms with Gasteiger partial charge in [-0.3, -0.25) is 9.48 Å². The lowest BCUT2D eigenvalue weighted by Crippen LogP contribution is -2.24. The van der Waals surface area contributed by atoms with Crippen LogP contribution >= 0.6 is 22.6 Å². The van der Waals surface area contributed by atoms with E-state index in [1.165, 1.54) is 29.7 Å². The van der Waals surface area contributed by atoms with Crippen LogP contribution in [0, 0.1) is 9.49 Å². The number of halogens is 3. The minimum Gasteiger partial charge on any atom is -0.435 e. The highest BCUT2D eigenvalue weighted by Crippen LogP contribution is 2.35. The van der Waals surface area contributed by atoms with E-state index in [0.717, 1.165) is 32.1 Å². The summed E-state index contributed by atoms with van der Waals surface area (Å²) in [6.45, 7) is -2.10. The Bertz CT molecular complexity index is 1630. The lowest BCUT2D eigenvalue weighted by molar-refractivity contribution is -0.0498. The molecule has 0 radical (unpaired) electrons. The normalized spacial score (nSPS) is 13.9. The monoisotopic (exact) mass is 587 g/mol. The largest absolute Gasteiger partial charge is 0.435 e. The quantitative estimate of drug-likeness (QED) is 0.251. The van der Waals surface area contributed by atoms with E-state index in [9.17, 15) is 13.6 Å². The van der Waals surface area contributed by atoms with Gasteiger partial charge in [0.05, 0.1) is 25.9 Å². The summed E-state index contributed by atoms with van der Waals surface area (Å²) in [5, 5.41) is 10.1. The van der Waals surface area contributed by atoms with Gasteiger partial charge in [-0.1, -0.05) is 12.1 Å².